The molecule has 2 aromatic heterocycles. The lowest BCUT2D eigenvalue weighted by Crippen LogP contribution is -2.06. The van der Waals surface area contributed by atoms with Crippen LogP contribution >= 0.6 is 0 Å². The van der Waals surface area contributed by atoms with Crippen molar-refractivity contribution < 1.29 is 0 Å². The molecule has 2 aromatic carbocycles. The van der Waals surface area contributed by atoms with Crippen molar-refractivity contribution in [1.82, 2.24) is 19.7 Å². The lowest BCUT2D eigenvalue weighted by molar-refractivity contribution is 0.781. The number of aromatic nitrogens is 4. The molecule has 4 rings (SSSR count). The summed E-state index contributed by atoms with van der Waals surface area (Å²) in [5, 5.41) is 4.72. The highest BCUT2D eigenvalue weighted by molar-refractivity contribution is 5.61. The van der Waals surface area contributed by atoms with Crippen LogP contribution < -0.4 is 0 Å². The SMILES string of the molecule is Cc1cc(-c2ccccc2)nc(-n2nc(-c3ccccc3)cc2C)n1. The van der Waals surface area contributed by atoms with Gasteiger partial charge in [-0.25, -0.2) is 14.6 Å². The van der Waals surface area contributed by atoms with Gasteiger partial charge in [0.2, 0.25) is 0 Å². The van der Waals surface area contributed by atoms with Gasteiger partial charge in [-0.1, -0.05) is 60.7 Å². The summed E-state index contributed by atoms with van der Waals surface area (Å²) in [6.07, 6.45) is 0. The molecular formula is C21H18N4. The third-order valence-electron chi connectivity index (χ3n) is 4.06. The normalized spacial score (nSPS) is 10.8. The molecule has 122 valence electrons. The van der Waals surface area contributed by atoms with Crippen molar-refractivity contribution in [2.24, 2.45) is 0 Å². The second-order valence-corrected chi connectivity index (χ2v) is 6.01. The smallest absolute Gasteiger partial charge is 0.216 e. The molecule has 0 saturated heterocycles. The second-order valence-electron chi connectivity index (χ2n) is 6.01. The molecule has 0 N–H and O–H groups in total. The molecule has 0 spiro atoms. The van der Waals surface area contributed by atoms with Gasteiger partial charge in [-0.2, -0.15) is 5.10 Å². The maximum atomic E-state index is 4.73. The summed E-state index contributed by atoms with van der Waals surface area (Å²) in [7, 11) is 0. The van der Waals surface area contributed by atoms with Crippen molar-refractivity contribution in [3.8, 4) is 28.5 Å². The summed E-state index contributed by atoms with van der Waals surface area (Å²) in [5.41, 5.74) is 5.90. The summed E-state index contributed by atoms with van der Waals surface area (Å²) in [5.74, 6) is 0.596. The molecule has 0 bridgehead atoms. The third kappa shape index (κ3) is 3.06. The predicted molar refractivity (Wildman–Crippen MR) is 99.5 cm³/mol. The fraction of sp³-hybridized carbons (Fsp3) is 0.0952. The molecule has 25 heavy (non-hydrogen) atoms. The van der Waals surface area contributed by atoms with E-state index in [-0.39, 0.29) is 0 Å². The average molecular weight is 326 g/mol. The molecule has 0 aliphatic carbocycles. The van der Waals surface area contributed by atoms with Crippen LogP contribution in [0.4, 0.5) is 0 Å². The van der Waals surface area contributed by atoms with Gasteiger partial charge in [0, 0.05) is 22.5 Å². The average Bonchev–Trinajstić information content (AvgIpc) is 3.04. The van der Waals surface area contributed by atoms with Gasteiger partial charge in [-0.3, -0.25) is 0 Å². The van der Waals surface area contributed by atoms with Crippen molar-refractivity contribution in [3.63, 3.8) is 0 Å². The first-order valence-corrected chi connectivity index (χ1v) is 8.24. The van der Waals surface area contributed by atoms with Gasteiger partial charge in [0.05, 0.1) is 11.4 Å². The van der Waals surface area contributed by atoms with Crippen LogP contribution in [0.25, 0.3) is 28.5 Å². The van der Waals surface area contributed by atoms with Crippen molar-refractivity contribution in [2.45, 2.75) is 13.8 Å². The number of hydrogen-bond acceptors (Lipinski definition) is 3. The summed E-state index contributed by atoms with van der Waals surface area (Å²) < 4.78 is 1.81. The third-order valence-corrected chi connectivity index (χ3v) is 4.06. The molecule has 4 aromatic rings. The topological polar surface area (TPSA) is 43.6 Å². The summed E-state index contributed by atoms with van der Waals surface area (Å²) >= 11 is 0. The van der Waals surface area contributed by atoms with Crippen LogP contribution in [-0.4, -0.2) is 19.7 Å². The predicted octanol–water partition coefficient (Wildman–Crippen LogP) is 4.61. The molecule has 4 nitrogen and oxygen atoms in total. The van der Waals surface area contributed by atoms with E-state index >= 15 is 0 Å². The minimum Gasteiger partial charge on any atom is -0.216 e. The first-order chi connectivity index (χ1) is 12.2. The zero-order valence-corrected chi connectivity index (χ0v) is 14.2. The molecule has 0 radical (unpaired) electrons. The van der Waals surface area contributed by atoms with Gasteiger partial charge < -0.3 is 0 Å². The van der Waals surface area contributed by atoms with Gasteiger partial charge >= 0.3 is 0 Å². The second kappa shape index (κ2) is 6.32. The molecule has 0 atom stereocenters. The summed E-state index contributed by atoms with van der Waals surface area (Å²) in [6.45, 7) is 4.00. The Kier molecular flexibility index (Phi) is 3.86. The van der Waals surface area contributed by atoms with Crippen LogP contribution in [0.2, 0.25) is 0 Å². The zero-order chi connectivity index (χ0) is 17.2. The fourth-order valence-corrected chi connectivity index (χ4v) is 2.83. The molecule has 0 aliphatic heterocycles. The van der Waals surface area contributed by atoms with Crippen LogP contribution in [0.15, 0.2) is 72.8 Å². The van der Waals surface area contributed by atoms with Gasteiger partial charge in [0.15, 0.2) is 0 Å². The van der Waals surface area contributed by atoms with Crippen molar-refractivity contribution in [2.75, 3.05) is 0 Å². The fourth-order valence-electron chi connectivity index (χ4n) is 2.83. The van der Waals surface area contributed by atoms with E-state index in [0.29, 0.717) is 5.95 Å². The molecule has 4 heteroatoms. The highest BCUT2D eigenvalue weighted by Crippen LogP contribution is 2.22. The van der Waals surface area contributed by atoms with E-state index in [1.54, 1.807) is 0 Å². The van der Waals surface area contributed by atoms with E-state index in [9.17, 15) is 0 Å². The molecular weight excluding hydrogens is 308 g/mol. The van der Waals surface area contributed by atoms with E-state index < -0.39 is 0 Å². The number of rotatable bonds is 3. The summed E-state index contributed by atoms with van der Waals surface area (Å²) in [4.78, 5) is 9.32. The van der Waals surface area contributed by atoms with Gasteiger partial charge in [-0.05, 0) is 26.0 Å². The van der Waals surface area contributed by atoms with Crippen molar-refractivity contribution in [1.29, 1.82) is 0 Å². The van der Waals surface area contributed by atoms with Gasteiger partial charge in [0.1, 0.15) is 0 Å². The van der Waals surface area contributed by atoms with E-state index in [0.717, 1.165) is 33.9 Å². The van der Waals surface area contributed by atoms with Crippen LogP contribution in [0.5, 0.6) is 0 Å². The van der Waals surface area contributed by atoms with E-state index in [4.69, 9.17) is 10.1 Å². The molecule has 0 fully saturated rings. The maximum Gasteiger partial charge on any atom is 0.251 e. The Morgan fingerprint density at radius 2 is 1.28 bits per heavy atom. The van der Waals surface area contributed by atoms with Gasteiger partial charge in [0.25, 0.3) is 5.95 Å². The molecule has 0 unspecified atom stereocenters. The highest BCUT2D eigenvalue weighted by Gasteiger charge is 2.12. The molecule has 0 saturated carbocycles. The first-order valence-electron chi connectivity index (χ1n) is 8.24. The Morgan fingerprint density at radius 3 is 1.92 bits per heavy atom. The minimum absolute atomic E-state index is 0.596. The number of hydrogen-bond donors (Lipinski definition) is 0. The molecule has 2 heterocycles. The van der Waals surface area contributed by atoms with Gasteiger partial charge in [-0.15, -0.1) is 0 Å². The lowest BCUT2D eigenvalue weighted by atomic mass is 10.1. The van der Waals surface area contributed by atoms with E-state index in [1.807, 2.05) is 61.0 Å². The molecule has 0 aliphatic rings. The standard InChI is InChI=1S/C21H18N4/c1-15-13-19(17-9-5-3-6-10-17)23-21(22-15)25-16(2)14-20(24-25)18-11-7-4-8-12-18/h3-14H,1-2H3. The number of benzene rings is 2. The van der Waals surface area contributed by atoms with Crippen molar-refractivity contribution in [3.05, 3.63) is 84.2 Å². The van der Waals surface area contributed by atoms with E-state index in [1.165, 1.54) is 0 Å². The maximum absolute atomic E-state index is 4.73. The van der Waals surface area contributed by atoms with E-state index in [2.05, 4.69) is 35.3 Å². The zero-order valence-electron chi connectivity index (χ0n) is 14.2. The number of nitrogens with zero attached hydrogens (tertiary/aromatic N) is 4. The highest BCUT2D eigenvalue weighted by atomic mass is 15.4. The molecule has 0 amide bonds. The van der Waals surface area contributed by atoms with Crippen molar-refractivity contribution >= 4 is 0 Å². The Labute approximate surface area is 146 Å². The number of aryl methyl sites for hydroxylation is 2. The minimum atomic E-state index is 0.596. The Balaban J connectivity index is 1.80. The Hall–Kier alpha value is -3.27. The lowest BCUT2D eigenvalue weighted by Gasteiger charge is -2.07. The largest absolute Gasteiger partial charge is 0.251 e. The van der Waals surface area contributed by atoms with Crippen LogP contribution in [0, 0.1) is 13.8 Å². The summed E-state index contributed by atoms with van der Waals surface area (Å²) in [6, 6.07) is 24.3. The van der Waals surface area contributed by atoms with Crippen LogP contribution in [-0.2, 0) is 0 Å². The quantitative estimate of drug-likeness (QED) is 0.552. The Morgan fingerprint density at radius 1 is 0.680 bits per heavy atom. The van der Waals surface area contributed by atoms with Crippen LogP contribution in [0.3, 0.4) is 0 Å². The monoisotopic (exact) mass is 326 g/mol. The van der Waals surface area contributed by atoms with Crippen LogP contribution in [0.1, 0.15) is 11.4 Å². The first kappa shape index (κ1) is 15.3. The Bertz CT molecular complexity index is 1000.